The van der Waals surface area contributed by atoms with Crippen molar-refractivity contribution in [1.82, 2.24) is 5.32 Å². The zero-order valence-electron chi connectivity index (χ0n) is 18.8. The van der Waals surface area contributed by atoms with Crippen molar-refractivity contribution in [3.05, 3.63) is 11.6 Å². The lowest BCUT2D eigenvalue weighted by Gasteiger charge is -2.58. The third-order valence-corrected chi connectivity index (χ3v) is 11.0. The van der Waals surface area contributed by atoms with Gasteiger partial charge in [-0.3, -0.25) is 5.32 Å². The molecule has 5 fully saturated rings. The van der Waals surface area contributed by atoms with Crippen LogP contribution in [0, 0.1) is 40.4 Å². The zero-order chi connectivity index (χ0) is 20.0. The Balaban J connectivity index is 1.25. The molecule has 6 aliphatic rings. The maximum atomic E-state index is 10.2. The van der Waals surface area contributed by atoms with Crippen molar-refractivity contribution >= 4 is 0 Å². The van der Waals surface area contributed by atoms with Gasteiger partial charge in [-0.1, -0.05) is 32.4 Å². The minimum Gasteiger partial charge on any atom is -0.393 e. The molecule has 2 heterocycles. The van der Waals surface area contributed by atoms with Gasteiger partial charge in [0.2, 0.25) is 0 Å². The quantitative estimate of drug-likeness (QED) is 0.561. The van der Waals surface area contributed by atoms with Crippen molar-refractivity contribution < 1.29 is 9.84 Å². The number of rotatable bonds is 0. The summed E-state index contributed by atoms with van der Waals surface area (Å²) in [5, 5.41) is 14.1. The van der Waals surface area contributed by atoms with Crippen LogP contribution in [0.1, 0.15) is 85.0 Å². The number of aliphatic hydroxyl groups is 1. The smallest absolute Gasteiger partial charge is 0.120 e. The number of hydrogen-bond acceptors (Lipinski definition) is 3. The van der Waals surface area contributed by atoms with Gasteiger partial charge in [-0.05, 0) is 105 Å². The van der Waals surface area contributed by atoms with E-state index in [1.54, 1.807) is 5.57 Å². The molecule has 3 saturated carbocycles. The summed E-state index contributed by atoms with van der Waals surface area (Å²) in [7, 11) is 0. The molecule has 3 heteroatoms. The highest BCUT2D eigenvalue weighted by atomic mass is 16.5. The van der Waals surface area contributed by atoms with Gasteiger partial charge in [0.25, 0.3) is 0 Å². The van der Waals surface area contributed by atoms with Gasteiger partial charge >= 0.3 is 0 Å². The molecule has 0 aromatic heterocycles. The van der Waals surface area contributed by atoms with Crippen molar-refractivity contribution in [2.24, 2.45) is 40.4 Å². The molecular formula is C26H41NO2. The van der Waals surface area contributed by atoms with Gasteiger partial charge in [-0.25, -0.2) is 0 Å². The van der Waals surface area contributed by atoms with Gasteiger partial charge in [0.05, 0.1) is 12.2 Å². The van der Waals surface area contributed by atoms with E-state index in [-0.39, 0.29) is 11.8 Å². The number of fused-ring (bicyclic) bond motifs is 7. The van der Waals surface area contributed by atoms with Gasteiger partial charge in [0.1, 0.15) is 5.72 Å². The first-order chi connectivity index (χ1) is 13.8. The minimum atomic E-state index is -0.0964. The van der Waals surface area contributed by atoms with Crippen LogP contribution in [-0.4, -0.2) is 29.6 Å². The standard InChI is InChI=1S/C26H41NO2/c1-16-6-11-26(27-15-16)14-22-23(29-26)13-21-19-5-4-17-12-18(28)7-9-24(17,2)20(19)8-10-25(21,22)3/h4,16,18-23,27-28H,5-15H2,1-3H3/t16?,18-,19-,20+,21?,22+,23+,24+,25?,26-/m0/s1. The van der Waals surface area contributed by atoms with Gasteiger partial charge in [0.15, 0.2) is 0 Å². The summed E-state index contributed by atoms with van der Waals surface area (Å²) < 4.78 is 6.89. The first kappa shape index (κ1) is 19.3. The highest BCUT2D eigenvalue weighted by Crippen LogP contribution is 2.69. The van der Waals surface area contributed by atoms with E-state index < -0.39 is 0 Å². The number of allylic oxidation sites excluding steroid dienone is 1. The average Bonchev–Trinajstić information content (AvgIpc) is 3.18. The van der Waals surface area contributed by atoms with E-state index in [9.17, 15) is 5.11 Å². The number of piperidine rings is 1. The van der Waals surface area contributed by atoms with Crippen LogP contribution in [0.2, 0.25) is 0 Å². The average molecular weight is 400 g/mol. The Labute approximate surface area is 177 Å². The predicted octanol–water partition coefficient (Wildman–Crippen LogP) is 5.04. The second-order valence-corrected chi connectivity index (χ2v) is 12.4. The van der Waals surface area contributed by atoms with Crippen LogP contribution in [0.15, 0.2) is 11.6 Å². The van der Waals surface area contributed by atoms with Crippen molar-refractivity contribution in [3.8, 4) is 0 Å². The topological polar surface area (TPSA) is 41.5 Å². The monoisotopic (exact) mass is 399 g/mol. The Bertz CT molecular complexity index is 709. The Morgan fingerprint density at radius 2 is 1.93 bits per heavy atom. The number of hydrogen-bond donors (Lipinski definition) is 2. The Kier molecular flexibility index (Phi) is 4.21. The Morgan fingerprint density at radius 3 is 2.72 bits per heavy atom. The van der Waals surface area contributed by atoms with E-state index in [1.165, 1.54) is 51.4 Å². The molecule has 0 aromatic carbocycles. The summed E-state index contributed by atoms with van der Waals surface area (Å²) in [6, 6.07) is 0. The second-order valence-electron chi connectivity index (χ2n) is 12.4. The Morgan fingerprint density at radius 1 is 1.07 bits per heavy atom. The fourth-order valence-corrected chi connectivity index (χ4v) is 9.23. The summed E-state index contributed by atoms with van der Waals surface area (Å²) >= 11 is 0. The normalized spacial score (nSPS) is 58.9. The van der Waals surface area contributed by atoms with Crippen LogP contribution in [0.4, 0.5) is 0 Å². The van der Waals surface area contributed by atoms with E-state index in [2.05, 4.69) is 32.2 Å². The summed E-state index contributed by atoms with van der Waals surface area (Å²) in [5.74, 6) is 4.04. The minimum absolute atomic E-state index is 0.00219. The predicted molar refractivity (Wildman–Crippen MR) is 115 cm³/mol. The highest BCUT2D eigenvalue weighted by Gasteiger charge is 2.65. The lowest BCUT2D eigenvalue weighted by atomic mass is 9.47. The van der Waals surface area contributed by atoms with E-state index >= 15 is 0 Å². The molecule has 3 nitrogen and oxygen atoms in total. The van der Waals surface area contributed by atoms with Gasteiger partial charge in [-0.2, -0.15) is 0 Å². The molecule has 162 valence electrons. The van der Waals surface area contributed by atoms with Crippen LogP contribution in [0.5, 0.6) is 0 Å². The Hall–Kier alpha value is -0.380. The number of ether oxygens (including phenoxy) is 1. The van der Waals surface area contributed by atoms with Crippen molar-refractivity contribution in [2.45, 2.75) is 103 Å². The molecule has 2 aliphatic heterocycles. The van der Waals surface area contributed by atoms with Crippen LogP contribution < -0.4 is 5.32 Å². The van der Waals surface area contributed by atoms with Crippen LogP contribution in [-0.2, 0) is 4.74 Å². The van der Waals surface area contributed by atoms with Crippen LogP contribution in [0.25, 0.3) is 0 Å². The lowest BCUT2D eigenvalue weighted by Crippen LogP contribution is -2.53. The maximum absolute atomic E-state index is 10.2. The molecule has 0 aromatic rings. The summed E-state index contributed by atoms with van der Waals surface area (Å²) in [5.41, 5.74) is 2.41. The van der Waals surface area contributed by atoms with Gasteiger partial charge in [-0.15, -0.1) is 0 Å². The van der Waals surface area contributed by atoms with E-state index in [0.717, 1.165) is 49.0 Å². The summed E-state index contributed by atoms with van der Waals surface area (Å²) in [6.45, 7) is 8.67. The lowest BCUT2D eigenvalue weighted by molar-refractivity contribution is -0.0960. The molecule has 6 rings (SSSR count). The zero-order valence-corrected chi connectivity index (χ0v) is 18.8. The fraction of sp³-hybridized carbons (Fsp3) is 0.923. The van der Waals surface area contributed by atoms with Gasteiger partial charge < -0.3 is 9.84 Å². The molecular weight excluding hydrogens is 358 g/mol. The van der Waals surface area contributed by atoms with E-state index in [4.69, 9.17) is 4.74 Å². The molecule has 0 amide bonds. The molecule has 0 radical (unpaired) electrons. The fourth-order valence-electron chi connectivity index (χ4n) is 9.23. The molecule has 1 spiro atoms. The van der Waals surface area contributed by atoms with Crippen molar-refractivity contribution in [3.63, 3.8) is 0 Å². The molecule has 0 bridgehead atoms. The third-order valence-electron chi connectivity index (χ3n) is 11.0. The highest BCUT2D eigenvalue weighted by molar-refractivity contribution is 5.26. The van der Waals surface area contributed by atoms with Crippen molar-refractivity contribution in [1.29, 1.82) is 0 Å². The number of aliphatic hydroxyl groups excluding tert-OH is 1. The molecule has 3 unspecified atom stereocenters. The molecule has 2 N–H and O–H groups in total. The van der Waals surface area contributed by atoms with Crippen LogP contribution in [0.3, 0.4) is 0 Å². The first-order valence-electron chi connectivity index (χ1n) is 12.6. The SMILES string of the molecule is CC1CC[C@]2(C[C@@H]3[C@@H](CC4[C@H]5CC=C6C[C@@H](O)CC[C@@]6(C)[C@@H]5CCC43C)O2)NC1. The van der Waals surface area contributed by atoms with Gasteiger partial charge in [0, 0.05) is 6.54 Å². The summed E-state index contributed by atoms with van der Waals surface area (Å²) in [6.07, 6.45) is 15.2. The first-order valence-corrected chi connectivity index (χ1v) is 12.6. The van der Waals surface area contributed by atoms with Crippen LogP contribution >= 0.6 is 0 Å². The molecule has 29 heavy (non-hydrogen) atoms. The van der Waals surface area contributed by atoms with Crippen molar-refractivity contribution in [2.75, 3.05) is 6.54 Å². The third kappa shape index (κ3) is 2.66. The molecule has 4 aliphatic carbocycles. The van der Waals surface area contributed by atoms with E-state index in [0.29, 0.717) is 16.9 Å². The largest absolute Gasteiger partial charge is 0.393 e. The molecule has 10 atom stereocenters. The number of nitrogens with one attached hydrogen (secondary N) is 1. The summed E-state index contributed by atoms with van der Waals surface area (Å²) in [4.78, 5) is 0. The second kappa shape index (κ2) is 6.33. The molecule has 2 saturated heterocycles. The van der Waals surface area contributed by atoms with E-state index in [1.807, 2.05) is 0 Å². The maximum Gasteiger partial charge on any atom is 0.120 e.